The van der Waals surface area contributed by atoms with Gasteiger partial charge in [-0.25, -0.2) is 17.9 Å². The third kappa shape index (κ3) is 5.14. The van der Waals surface area contributed by atoms with Gasteiger partial charge in [0.15, 0.2) is 0 Å². The molecule has 8 heteroatoms. The van der Waals surface area contributed by atoms with Crippen molar-refractivity contribution < 1.29 is 22.8 Å². The summed E-state index contributed by atoms with van der Waals surface area (Å²) in [5.41, 5.74) is 1.00. The zero-order valence-corrected chi connectivity index (χ0v) is 15.1. The van der Waals surface area contributed by atoms with Crippen LogP contribution in [-0.2, 0) is 14.8 Å². The maximum absolute atomic E-state index is 12.9. The van der Waals surface area contributed by atoms with Crippen molar-refractivity contribution in [1.29, 1.82) is 0 Å². The summed E-state index contributed by atoms with van der Waals surface area (Å²) in [6, 6.07) is 10.6. The van der Waals surface area contributed by atoms with Gasteiger partial charge in [0.25, 0.3) is 10.0 Å². The highest BCUT2D eigenvalue weighted by Crippen LogP contribution is 2.18. The van der Waals surface area contributed by atoms with Gasteiger partial charge in [-0.15, -0.1) is 0 Å². The second kappa shape index (κ2) is 8.11. The summed E-state index contributed by atoms with van der Waals surface area (Å²) in [4.78, 5) is 11.1. The highest BCUT2D eigenvalue weighted by Gasteiger charge is 2.14. The molecule has 0 saturated heterocycles. The van der Waals surface area contributed by atoms with Gasteiger partial charge in [0, 0.05) is 12.6 Å². The van der Waals surface area contributed by atoms with Crippen LogP contribution in [0.5, 0.6) is 0 Å². The summed E-state index contributed by atoms with van der Waals surface area (Å²) >= 11 is 0. The minimum absolute atomic E-state index is 0.0501. The molecular weight excluding hydrogens is 359 g/mol. The van der Waals surface area contributed by atoms with E-state index in [2.05, 4.69) is 4.72 Å². The standard InChI is InChI=1S/C18H19FN2O4S/c1-13(21(23)14(2)22)6-7-15-4-3-5-17(12-15)20-26(24,25)18-10-8-16(19)9-11-18/h3-13,20,23H,1-2H3. The van der Waals surface area contributed by atoms with Crippen LogP contribution in [0.2, 0.25) is 0 Å². The lowest BCUT2D eigenvalue weighted by atomic mass is 10.1. The Balaban J connectivity index is 2.16. The number of hydroxylamine groups is 2. The minimum atomic E-state index is -3.84. The van der Waals surface area contributed by atoms with Crippen LogP contribution in [-0.4, -0.2) is 30.6 Å². The highest BCUT2D eigenvalue weighted by atomic mass is 32.2. The molecule has 0 fully saturated rings. The lowest BCUT2D eigenvalue weighted by Gasteiger charge is -2.17. The first kappa shape index (κ1) is 19.6. The quantitative estimate of drug-likeness (QED) is 0.597. The van der Waals surface area contributed by atoms with Gasteiger partial charge >= 0.3 is 0 Å². The molecule has 2 aromatic rings. The topological polar surface area (TPSA) is 86.7 Å². The van der Waals surface area contributed by atoms with Crippen molar-refractivity contribution in [1.82, 2.24) is 5.06 Å². The van der Waals surface area contributed by atoms with Gasteiger partial charge in [-0.05, 0) is 48.9 Å². The zero-order valence-electron chi connectivity index (χ0n) is 14.3. The Bertz CT molecular complexity index is 911. The first-order valence-corrected chi connectivity index (χ1v) is 9.23. The second-order valence-electron chi connectivity index (χ2n) is 5.65. The van der Waals surface area contributed by atoms with E-state index in [0.717, 1.165) is 12.1 Å². The van der Waals surface area contributed by atoms with E-state index in [4.69, 9.17) is 0 Å². The van der Waals surface area contributed by atoms with E-state index >= 15 is 0 Å². The third-order valence-corrected chi connectivity index (χ3v) is 4.94. The Hall–Kier alpha value is -2.71. The molecule has 0 aromatic heterocycles. The van der Waals surface area contributed by atoms with Crippen molar-refractivity contribution in [3.63, 3.8) is 0 Å². The maximum atomic E-state index is 12.9. The van der Waals surface area contributed by atoms with Gasteiger partial charge in [-0.1, -0.05) is 24.3 Å². The number of sulfonamides is 1. The largest absolute Gasteiger partial charge is 0.285 e. The molecular formula is C18H19FN2O4S. The lowest BCUT2D eigenvalue weighted by molar-refractivity contribution is -0.167. The van der Waals surface area contributed by atoms with Crippen LogP contribution in [0.25, 0.3) is 6.08 Å². The average Bonchev–Trinajstić information content (AvgIpc) is 2.59. The molecule has 0 saturated carbocycles. The molecule has 6 nitrogen and oxygen atoms in total. The Morgan fingerprint density at radius 3 is 2.50 bits per heavy atom. The number of carbonyl (C=O) groups excluding carboxylic acids is 1. The predicted molar refractivity (Wildman–Crippen MR) is 96.5 cm³/mol. The van der Waals surface area contributed by atoms with Crippen molar-refractivity contribution in [2.75, 3.05) is 4.72 Å². The van der Waals surface area contributed by atoms with Crippen LogP contribution in [0.15, 0.2) is 59.5 Å². The molecule has 2 rings (SSSR count). The number of anilines is 1. The summed E-state index contributed by atoms with van der Waals surface area (Å²) in [7, 11) is -3.84. The number of nitrogens with zero attached hydrogens (tertiary/aromatic N) is 1. The van der Waals surface area contributed by atoms with E-state index in [9.17, 15) is 22.8 Å². The Morgan fingerprint density at radius 2 is 1.88 bits per heavy atom. The molecule has 138 valence electrons. The Kier molecular flexibility index (Phi) is 6.12. The first-order valence-electron chi connectivity index (χ1n) is 7.74. The molecule has 0 aliphatic heterocycles. The van der Waals surface area contributed by atoms with Crippen molar-refractivity contribution in [3.8, 4) is 0 Å². The number of hydrogen-bond donors (Lipinski definition) is 2. The Labute approximate surface area is 151 Å². The van der Waals surface area contributed by atoms with E-state index in [-0.39, 0.29) is 4.90 Å². The van der Waals surface area contributed by atoms with E-state index in [1.165, 1.54) is 19.1 Å². The predicted octanol–water partition coefficient (Wildman–Crippen LogP) is 3.27. The molecule has 0 spiro atoms. The van der Waals surface area contributed by atoms with Gasteiger partial charge in [-0.2, -0.15) is 0 Å². The number of nitrogens with one attached hydrogen (secondary N) is 1. The summed E-state index contributed by atoms with van der Waals surface area (Å²) in [5.74, 6) is -1.00. The number of carbonyl (C=O) groups is 1. The molecule has 0 aliphatic carbocycles. The Morgan fingerprint density at radius 1 is 1.23 bits per heavy atom. The molecule has 0 radical (unpaired) electrons. The maximum Gasteiger partial charge on any atom is 0.261 e. The molecule has 0 heterocycles. The molecule has 2 aromatic carbocycles. The molecule has 0 bridgehead atoms. The van der Waals surface area contributed by atoms with Crippen molar-refractivity contribution >= 4 is 27.7 Å². The summed E-state index contributed by atoms with van der Waals surface area (Å²) in [5, 5.41) is 10.1. The van der Waals surface area contributed by atoms with Gasteiger partial charge in [0.05, 0.1) is 10.9 Å². The number of halogens is 1. The fraction of sp³-hybridized carbons (Fsp3) is 0.167. The van der Waals surface area contributed by atoms with Crippen LogP contribution < -0.4 is 4.72 Å². The summed E-state index contributed by atoms with van der Waals surface area (Å²) < 4.78 is 40.0. The third-order valence-electron chi connectivity index (χ3n) is 3.54. The smallest absolute Gasteiger partial charge is 0.261 e. The van der Waals surface area contributed by atoms with E-state index in [1.54, 1.807) is 43.3 Å². The summed E-state index contributed by atoms with van der Waals surface area (Å²) in [6.45, 7) is 2.88. The molecule has 1 atom stereocenters. The number of benzene rings is 2. The van der Waals surface area contributed by atoms with Crippen LogP contribution in [0.1, 0.15) is 19.4 Å². The van der Waals surface area contributed by atoms with Gasteiger partial charge < -0.3 is 0 Å². The van der Waals surface area contributed by atoms with Crippen LogP contribution >= 0.6 is 0 Å². The van der Waals surface area contributed by atoms with E-state index in [1.807, 2.05) is 0 Å². The molecule has 0 aliphatic rings. The first-order chi connectivity index (χ1) is 12.2. The molecule has 26 heavy (non-hydrogen) atoms. The van der Waals surface area contributed by atoms with Crippen molar-refractivity contribution in [2.24, 2.45) is 0 Å². The van der Waals surface area contributed by atoms with Crippen molar-refractivity contribution in [2.45, 2.75) is 24.8 Å². The SMILES string of the molecule is CC(=O)N(O)C(C)C=Cc1cccc(NS(=O)(=O)c2ccc(F)cc2)c1. The average molecular weight is 378 g/mol. The van der Waals surface area contributed by atoms with Gasteiger partial charge in [-0.3, -0.25) is 14.7 Å². The van der Waals surface area contributed by atoms with E-state index in [0.29, 0.717) is 16.3 Å². The number of hydrogen-bond acceptors (Lipinski definition) is 4. The number of rotatable bonds is 6. The second-order valence-corrected chi connectivity index (χ2v) is 7.33. The van der Waals surface area contributed by atoms with Crippen LogP contribution in [0.4, 0.5) is 10.1 Å². The molecule has 1 amide bonds. The van der Waals surface area contributed by atoms with E-state index < -0.39 is 27.8 Å². The minimum Gasteiger partial charge on any atom is -0.285 e. The highest BCUT2D eigenvalue weighted by molar-refractivity contribution is 7.92. The van der Waals surface area contributed by atoms with Crippen LogP contribution in [0.3, 0.4) is 0 Å². The lowest BCUT2D eigenvalue weighted by Crippen LogP contribution is -2.32. The zero-order chi connectivity index (χ0) is 19.3. The van der Waals surface area contributed by atoms with Crippen LogP contribution in [0, 0.1) is 5.82 Å². The molecule has 1 unspecified atom stereocenters. The van der Waals surface area contributed by atoms with Crippen molar-refractivity contribution in [3.05, 3.63) is 66.0 Å². The fourth-order valence-electron chi connectivity index (χ4n) is 2.15. The van der Waals surface area contributed by atoms with Gasteiger partial charge in [0.1, 0.15) is 5.82 Å². The fourth-order valence-corrected chi connectivity index (χ4v) is 3.20. The molecule has 2 N–H and O–H groups in total. The monoisotopic (exact) mass is 378 g/mol. The number of amides is 1. The van der Waals surface area contributed by atoms with Gasteiger partial charge in [0.2, 0.25) is 5.91 Å². The summed E-state index contributed by atoms with van der Waals surface area (Å²) in [6.07, 6.45) is 3.27. The normalized spacial score (nSPS) is 12.8.